The van der Waals surface area contributed by atoms with Crippen LogP contribution >= 0.6 is 15.9 Å². The average molecular weight is 326 g/mol. The quantitative estimate of drug-likeness (QED) is 0.825. The van der Waals surface area contributed by atoms with Crippen LogP contribution in [-0.4, -0.2) is 16.3 Å². The van der Waals surface area contributed by atoms with Crippen LogP contribution < -0.4 is 5.32 Å². The minimum absolute atomic E-state index is 0.241. The molecule has 1 aromatic carbocycles. The number of nitrogens with one attached hydrogen (secondary N) is 1. The van der Waals surface area contributed by atoms with Crippen molar-refractivity contribution in [3.05, 3.63) is 52.0 Å². The van der Waals surface area contributed by atoms with E-state index in [1.807, 2.05) is 23.1 Å². The molecule has 0 saturated carbocycles. The lowest BCUT2D eigenvalue weighted by Gasteiger charge is -2.05. The highest BCUT2D eigenvalue weighted by atomic mass is 79.9. The van der Waals surface area contributed by atoms with Crippen LogP contribution in [0.2, 0.25) is 0 Å². The van der Waals surface area contributed by atoms with Crippen LogP contribution in [0.5, 0.6) is 0 Å². The van der Waals surface area contributed by atoms with E-state index in [0.717, 1.165) is 30.6 Å². The zero-order chi connectivity index (χ0) is 13.7. The number of hydrogen-bond donors (Lipinski definition) is 1. The summed E-state index contributed by atoms with van der Waals surface area (Å²) >= 11 is 3.27. The average Bonchev–Trinajstić information content (AvgIpc) is 2.83. The molecule has 5 heteroatoms. The molecular formula is C14H17BrFN3. The topological polar surface area (TPSA) is 29.9 Å². The smallest absolute Gasteiger partial charge is 0.137 e. The molecule has 0 aliphatic rings. The Labute approximate surface area is 121 Å². The summed E-state index contributed by atoms with van der Waals surface area (Å²) in [6, 6.07) is 5.04. The van der Waals surface area contributed by atoms with Gasteiger partial charge in [-0.25, -0.2) is 4.39 Å². The molecule has 102 valence electrons. The monoisotopic (exact) mass is 325 g/mol. The van der Waals surface area contributed by atoms with Gasteiger partial charge in [-0.05, 0) is 40.5 Å². The van der Waals surface area contributed by atoms with Gasteiger partial charge in [-0.2, -0.15) is 5.10 Å². The van der Waals surface area contributed by atoms with Crippen LogP contribution in [-0.2, 0) is 13.1 Å². The maximum Gasteiger partial charge on any atom is 0.137 e. The molecule has 0 atom stereocenters. The third-order valence-corrected chi connectivity index (χ3v) is 3.69. The molecule has 19 heavy (non-hydrogen) atoms. The van der Waals surface area contributed by atoms with Gasteiger partial charge >= 0.3 is 0 Å². The van der Waals surface area contributed by atoms with E-state index in [4.69, 9.17) is 0 Å². The van der Waals surface area contributed by atoms with Gasteiger partial charge in [-0.3, -0.25) is 4.68 Å². The Morgan fingerprint density at radius 2 is 2.26 bits per heavy atom. The molecule has 0 fully saturated rings. The molecule has 0 radical (unpaired) electrons. The van der Waals surface area contributed by atoms with Crippen LogP contribution in [0.1, 0.15) is 24.5 Å². The minimum atomic E-state index is -0.241. The van der Waals surface area contributed by atoms with E-state index in [9.17, 15) is 4.39 Å². The highest BCUT2D eigenvalue weighted by molar-refractivity contribution is 9.10. The predicted molar refractivity (Wildman–Crippen MR) is 77.4 cm³/mol. The zero-order valence-corrected chi connectivity index (χ0v) is 12.5. The second-order valence-electron chi connectivity index (χ2n) is 4.44. The summed E-state index contributed by atoms with van der Waals surface area (Å²) in [5.74, 6) is -0.241. The Hall–Kier alpha value is -1.20. The van der Waals surface area contributed by atoms with Crippen molar-refractivity contribution in [1.82, 2.24) is 15.1 Å². The second-order valence-corrected chi connectivity index (χ2v) is 5.23. The van der Waals surface area contributed by atoms with Crippen molar-refractivity contribution in [2.24, 2.45) is 0 Å². The van der Waals surface area contributed by atoms with Gasteiger partial charge in [0.2, 0.25) is 0 Å². The molecule has 0 aliphatic heterocycles. The Morgan fingerprint density at radius 3 is 3.05 bits per heavy atom. The van der Waals surface area contributed by atoms with Crippen molar-refractivity contribution >= 4 is 15.9 Å². The molecule has 1 aromatic heterocycles. The normalized spacial score (nSPS) is 10.9. The van der Waals surface area contributed by atoms with Crippen molar-refractivity contribution < 1.29 is 4.39 Å². The number of hydrogen-bond acceptors (Lipinski definition) is 2. The molecule has 3 nitrogen and oxygen atoms in total. The summed E-state index contributed by atoms with van der Waals surface area (Å²) in [6.45, 7) is 4.52. The van der Waals surface area contributed by atoms with Crippen molar-refractivity contribution in [1.29, 1.82) is 0 Å². The molecule has 0 aliphatic carbocycles. The third-order valence-electron chi connectivity index (χ3n) is 2.81. The fraction of sp³-hybridized carbons (Fsp3) is 0.357. The molecule has 2 rings (SSSR count). The first-order chi connectivity index (χ1) is 9.20. The van der Waals surface area contributed by atoms with Crippen LogP contribution in [0.15, 0.2) is 35.1 Å². The van der Waals surface area contributed by atoms with Gasteiger partial charge < -0.3 is 5.32 Å². The summed E-state index contributed by atoms with van der Waals surface area (Å²) < 4.78 is 15.7. The standard InChI is InChI=1S/C14H17BrFN3/c1-2-6-17-7-11-8-18-19(9-11)10-12-4-3-5-13(16)14(12)15/h3-5,8-9,17H,2,6-7,10H2,1H3. The number of benzene rings is 1. The summed E-state index contributed by atoms with van der Waals surface area (Å²) in [4.78, 5) is 0. The zero-order valence-electron chi connectivity index (χ0n) is 10.9. The number of nitrogens with zero attached hydrogens (tertiary/aromatic N) is 2. The highest BCUT2D eigenvalue weighted by Crippen LogP contribution is 2.21. The molecule has 0 saturated heterocycles. The molecule has 0 spiro atoms. The number of halogens is 2. The molecule has 0 bridgehead atoms. The van der Waals surface area contributed by atoms with Crippen molar-refractivity contribution in [3.63, 3.8) is 0 Å². The number of aromatic nitrogens is 2. The van der Waals surface area contributed by atoms with E-state index in [0.29, 0.717) is 11.0 Å². The van der Waals surface area contributed by atoms with Crippen molar-refractivity contribution in [3.8, 4) is 0 Å². The molecule has 1 N–H and O–H groups in total. The molecule has 0 amide bonds. The van der Waals surface area contributed by atoms with Gasteiger partial charge in [0.1, 0.15) is 5.82 Å². The summed E-state index contributed by atoms with van der Waals surface area (Å²) in [5, 5.41) is 7.62. The van der Waals surface area contributed by atoms with Crippen molar-refractivity contribution in [2.75, 3.05) is 6.54 Å². The van der Waals surface area contributed by atoms with Crippen LogP contribution in [0, 0.1) is 5.82 Å². The van der Waals surface area contributed by atoms with E-state index in [1.54, 1.807) is 6.07 Å². The van der Waals surface area contributed by atoms with E-state index < -0.39 is 0 Å². The fourth-order valence-corrected chi connectivity index (χ4v) is 2.23. The lowest BCUT2D eigenvalue weighted by Crippen LogP contribution is -2.13. The van der Waals surface area contributed by atoms with Crippen LogP contribution in [0.4, 0.5) is 4.39 Å². The van der Waals surface area contributed by atoms with Gasteiger partial charge in [0.15, 0.2) is 0 Å². The Balaban J connectivity index is 2.01. The molecular weight excluding hydrogens is 309 g/mol. The van der Waals surface area contributed by atoms with Crippen LogP contribution in [0.25, 0.3) is 0 Å². The lowest BCUT2D eigenvalue weighted by molar-refractivity contribution is 0.611. The Bertz CT molecular complexity index is 539. The van der Waals surface area contributed by atoms with Gasteiger partial charge in [-0.1, -0.05) is 19.1 Å². The van der Waals surface area contributed by atoms with E-state index in [2.05, 4.69) is 33.3 Å². The highest BCUT2D eigenvalue weighted by Gasteiger charge is 2.06. The van der Waals surface area contributed by atoms with E-state index in [1.165, 1.54) is 6.07 Å². The van der Waals surface area contributed by atoms with Crippen molar-refractivity contribution in [2.45, 2.75) is 26.4 Å². The molecule has 2 aromatic rings. The van der Waals surface area contributed by atoms with Gasteiger partial charge in [-0.15, -0.1) is 0 Å². The van der Waals surface area contributed by atoms with Crippen LogP contribution in [0.3, 0.4) is 0 Å². The largest absolute Gasteiger partial charge is 0.313 e. The number of rotatable bonds is 6. The minimum Gasteiger partial charge on any atom is -0.313 e. The summed E-state index contributed by atoms with van der Waals surface area (Å²) in [7, 11) is 0. The molecule has 0 unspecified atom stereocenters. The van der Waals surface area contributed by atoms with Gasteiger partial charge in [0.05, 0.1) is 17.2 Å². The lowest BCUT2D eigenvalue weighted by atomic mass is 10.2. The SMILES string of the molecule is CCCNCc1cnn(Cc2cccc(F)c2Br)c1. The first-order valence-corrected chi connectivity index (χ1v) is 7.15. The first-order valence-electron chi connectivity index (χ1n) is 6.35. The summed E-state index contributed by atoms with van der Waals surface area (Å²) in [5.41, 5.74) is 2.03. The van der Waals surface area contributed by atoms with Gasteiger partial charge in [0.25, 0.3) is 0 Å². The Kier molecular flexibility index (Phi) is 5.10. The molecule has 1 heterocycles. The third kappa shape index (κ3) is 3.88. The summed E-state index contributed by atoms with van der Waals surface area (Å²) in [6.07, 6.45) is 4.94. The predicted octanol–water partition coefficient (Wildman–Crippen LogP) is 3.33. The fourth-order valence-electron chi connectivity index (χ4n) is 1.84. The maximum absolute atomic E-state index is 13.4. The van der Waals surface area contributed by atoms with E-state index >= 15 is 0 Å². The van der Waals surface area contributed by atoms with E-state index in [-0.39, 0.29) is 5.82 Å². The second kappa shape index (κ2) is 6.82. The van der Waals surface area contributed by atoms with Gasteiger partial charge in [0, 0.05) is 18.3 Å². The Morgan fingerprint density at radius 1 is 1.42 bits per heavy atom. The maximum atomic E-state index is 13.4. The first kappa shape index (κ1) is 14.2.